The molecule has 126 valence electrons. The van der Waals surface area contributed by atoms with E-state index in [9.17, 15) is 9.90 Å². The molecule has 0 bridgehead atoms. The van der Waals surface area contributed by atoms with Gasteiger partial charge in [0.05, 0.1) is 17.2 Å². The Bertz CT molecular complexity index is 989. The summed E-state index contributed by atoms with van der Waals surface area (Å²) in [6.07, 6.45) is 0.963. The second-order valence-electron chi connectivity index (χ2n) is 6.73. The standard InChI is InChI=1S/C21H20N2O2/c1-4-13-5-8-15(9-6-13)21(2,3)19-18(20(24)25)16-10-7-14(12-22)11-17(16)23-19/h5-11,23H,4H2,1-3H3,(H,24,25). The van der Waals surface area contributed by atoms with Gasteiger partial charge in [-0.25, -0.2) is 4.79 Å². The summed E-state index contributed by atoms with van der Waals surface area (Å²) in [6.45, 7) is 6.12. The first kappa shape index (κ1) is 16.8. The highest BCUT2D eigenvalue weighted by Crippen LogP contribution is 2.37. The van der Waals surface area contributed by atoms with Crippen LogP contribution in [-0.2, 0) is 11.8 Å². The van der Waals surface area contributed by atoms with Crippen LogP contribution in [0.3, 0.4) is 0 Å². The zero-order chi connectivity index (χ0) is 18.2. The summed E-state index contributed by atoms with van der Waals surface area (Å²) >= 11 is 0. The Hall–Kier alpha value is -3.06. The molecule has 3 rings (SSSR count). The summed E-state index contributed by atoms with van der Waals surface area (Å²) in [7, 11) is 0. The zero-order valence-corrected chi connectivity index (χ0v) is 14.6. The Labute approximate surface area is 146 Å². The van der Waals surface area contributed by atoms with Crippen molar-refractivity contribution >= 4 is 16.9 Å². The number of nitriles is 1. The van der Waals surface area contributed by atoms with Gasteiger partial charge in [-0.3, -0.25) is 0 Å². The predicted octanol–water partition coefficient (Wildman–Crippen LogP) is 4.63. The average Bonchev–Trinajstić information content (AvgIpc) is 3.01. The van der Waals surface area contributed by atoms with Gasteiger partial charge in [-0.1, -0.05) is 51.1 Å². The van der Waals surface area contributed by atoms with E-state index >= 15 is 0 Å². The van der Waals surface area contributed by atoms with Crippen molar-refractivity contribution in [2.24, 2.45) is 0 Å². The molecule has 0 spiro atoms. The topological polar surface area (TPSA) is 76.9 Å². The number of aromatic nitrogens is 1. The monoisotopic (exact) mass is 332 g/mol. The van der Waals surface area contributed by atoms with Crippen LogP contribution < -0.4 is 0 Å². The van der Waals surface area contributed by atoms with E-state index in [0.717, 1.165) is 12.0 Å². The first-order chi connectivity index (χ1) is 11.9. The number of hydrogen-bond acceptors (Lipinski definition) is 2. The molecule has 0 aliphatic rings. The highest BCUT2D eigenvalue weighted by molar-refractivity contribution is 6.05. The number of carbonyl (C=O) groups is 1. The number of benzene rings is 2. The summed E-state index contributed by atoms with van der Waals surface area (Å²) in [4.78, 5) is 15.2. The van der Waals surface area contributed by atoms with Gasteiger partial charge in [-0.2, -0.15) is 5.26 Å². The molecule has 0 aliphatic carbocycles. The normalized spacial score (nSPS) is 11.4. The number of carboxylic acid groups (broad SMARTS) is 1. The lowest BCUT2D eigenvalue weighted by molar-refractivity contribution is 0.0696. The van der Waals surface area contributed by atoms with Crippen LogP contribution in [0, 0.1) is 11.3 Å². The molecule has 0 atom stereocenters. The van der Waals surface area contributed by atoms with E-state index in [0.29, 0.717) is 22.2 Å². The summed E-state index contributed by atoms with van der Waals surface area (Å²) in [6, 6.07) is 15.4. The summed E-state index contributed by atoms with van der Waals surface area (Å²) in [5, 5.41) is 19.5. The van der Waals surface area contributed by atoms with Crippen molar-refractivity contribution in [3.05, 3.63) is 70.4 Å². The predicted molar refractivity (Wildman–Crippen MR) is 97.9 cm³/mol. The third-order valence-electron chi connectivity index (χ3n) is 4.85. The van der Waals surface area contributed by atoms with Crippen LogP contribution >= 0.6 is 0 Å². The van der Waals surface area contributed by atoms with Crippen molar-refractivity contribution < 1.29 is 9.90 Å². The van der Waals surface area contributed by atoms with E-state index in [1.807, 2.05) is 13.8 Å². The summed E-state index contributed by atoms with van der Waals surface area (Å²) in [5.74, 6) is -0.968. The number of nitrogens with zero attached hydrogens (tertiary/aromatic N) is 1. The Morgan fingerprint density at radius 2 is 1.88 bits per heavy atom. The molecule has 1 heterocycles. The van der Waals surface area contributed by atoms with Crippen LogP contribution in [0.2, 0.25) is 0 Å². The number of aromatic amines is 1. The highest BCUT2D eigenvalue weighted by atomic mass is 16.4. The Balaban J connectivity index is 2.23. The lowest BCUT2D eigenvalue weighted by Gasteiger charge is -2.25. The molecule has 0 aliphatic heterocycles. The molecule has 0 amide bonds. The quantitative estimate of drug-likeness (QED) is 0.731. The molecule has 2 aromatic carbocycles. The molecule has 2 N–H and O–H groups in total. The number of hydrogen-bond donors (Lipinski definition) is 2. The van der Waals surface area contributed by atoms with Gasteiger partial charge in [-0.15, -0.1) is 0 Å². The van der Waals surface area contributed by atoms with E-state index in [1.165, 1.54) is 5.56 Å². The first-order valence-corrected chi connectivity index (χ1v) is 8.27. The Kier molecular flexibility index (Phi) is 4.10. The van der Waals surface area contributed by atoms with Gasteiger partial charge in [0.25, 0.3) is 0 Å². The van der Waals surface area contributed by atoms with Crippen LogP contribution in [0.5, 0.6) is 0 Å². The third kappa shape index (κ3) is 2.78. The Morgan fingerprint density at radius 1 is 1.20 bits per heavy atom. The van der Waals surface area contributed by atoms with Crippen molar-refractivity contribution in [3.8, 4) is 6.07 Å². The number of carboxylic acids is 1. The van der Waals surface area contributed by atoms with Crippen molar-refractivity contribution in [1.82, 2.24) is 4.98 Å². The molecule has 4 heteroatoms. The fourth-order valence-electron chi connectivity index (χ4n) is 3.26. The van der Waals surface area contributed by atoms with E-state index in [2.05, 4.69) is 42.2 Å². The van der Waals surface area contributed by atoms with E-state index in [1.54, 1.807) is 18.2 Å². The lowest BCUT2D eigenvalue weighted by atomic mass is 9.79. The zero-order valence-electron chi connectivity index (χ0n) is 14.6. The minimum Gasteiger partial charge on any atom is -0.478 e. The SMILES string of the molecule is CCc1ccc(C(C)(C)c2[nH]c3cc(C#N)ccc3c2C(=O)O)cc1. The maximum absolute atomic E-state index is 11.9. The number of fused-ring (bicyclic) bond motifs is 1. The minimum absolute atomic E-state index is 0.268. The van der Waals surface area contributed by atoms with E-state index < -0.39 is 11.4 Å². The fourth-order valence-corrected chi connectivity index (χ4v) is 3.26. The maximum Gasteiger partial charge on any atom is 0.338 e. The smallest absolute Gasteiger partial charge is 0.338 e. The number of aromatic carboxylic acids is 1. The number of nitrogens with one attached hydrogen (secondary N) is 1. The highest BCUT2D eigenvalue weighted by Gasteiger charge is 2.31. The summed E-state index contributed by atoms with van der Waals surface area (Å²) in [5.41, 5.74) is 3.87. The van der Waals surface area contributed by atoms with E-state index in [4.69, 9.17) is 5.26 Å². The van der Waals surface area contributed by atoms with Gasteiger partial charge in [0.15, 0.2) is 0 Å². The average molecular weight is 332 g/mol. The van der Waals surface area contributed by atoms with Crippen molar-refractivity contribution in [2.75, 3.05) is 0 Å². The van der Waals surface area contributed by atoms with Crippen LogP contribution in [0.1, 0.15) is 53.5 Å². The molecule has 3 aromatic rings. The molecule has 0 fully saturated rings. The maximum atomic E-state index is 11.9. The van der Waals surface area contributed by atoms with Gasteiger partial charge >= 0.3 is 5.97 Å². The van der Waals surface area contributed by atoms with Gasteiger partial charge in [0.2, 0.25) is 0 Å². The molecule has 4 nitrogen and oxygen atoms in total. The van der Waals surface area contributed by atoms with Crippen LogP contribution in [0.15, 0.2) is 42.5 Å². The van der Waals surface area contributed by atoms with Crippen molar-refractivity contribution in [1.29, 1.82) is 5.26 Å². The van der Waals surface area contributed by atoms with Gasteiger partial charge < -0.3 is 10.1 Å². The lowest BCUT2D eigenvalue weighted by Crippen LogP contribution is -2.22. The van der Waals surface area contributed by atoms with Crippen LogP contribution in [-0.4, -0.2) is 16.1 Å². The molecule has 0 radical (unpaired) electrons. The molecule has 0 saturated carbocycles. The number of H-pyrrole nitrogens is 1. The molecule has 0 saturated heterocycles. The van der Waals surface area contributed by atoms with E-state index in [-0.39, 0.29) is 5.56 Å². The van der Waals surface area contributed by atoms with Gasteiger partial charge in [-0.05, 0) is 29.7 Å². The second kappa shape index (κ2) is 6.10. The molecule has 25 heavy (non-hydrogen) atoms. The van der Waals surface area contributed by atoms with Crippen molar-refractivity contribution in [2.45, 2.75) is 32.6 Å². The molecular weight excluding hydrogens is 312 g/mol. The third-order valence-corrected chi connectivity index (χ3v) is 4.85. The number of aryl methyl sites for hydroxylation is 1. The summed E-state index contributed by atoms with van der Waals surface area (Å²) < 4.78 is 0. The largest absolute Gasteiger partial charge is 0.478 e. The molecule has 0 unspecified atom stereocenters. The van der Waals surface area contributed by atoms with Crippen molar-refractivity contribution in [3.63, 3.8) is 0 Å². The van der Waals surface area contributed by atoms with Gasteiger partial charge in [0.1, 0.15) is 0 Å². The molecule has 1 aromatic heterocycles. The van der Waals surface area contributed by atoms with Crippen LogP contribution in [0.4, 0.5) is 0 Å². The Morgan fingerprint density at radius 3 is 2.44 bits per heavy atom. The fraction of sp³-hybridized carbons (Fsp3) is 0.238. The minimum atomic E-state index is -0.968. The molecular formula is C21H20N2O2. The second-order valence-corrected chi connectivity index (χ2v) is 6.73. The van der Waals surface area contributed by atoms with Crippen LogP contribution in [0.25, 0.3) is 10.9 Å². The number of rotatable bonds is 4. The van der Waals surface area contributed by atoms with Gasteiger partial charge in [0, 0.05) is 22.0 Å². The first-order valence-electron chi connectivity index (χ1n) is 8.27.